The Morgan fingerprint density at radius 3 is 1.97 bits per heavy atom. The summed E-state index contributed by atoms with van der Waals surface area (Å²) in [6.07, 6.45) is 4.29. The molecule has 0 radical (unpaired) electrons. The Kier molecular flexibility index (Phi) is 6.51. The van der Waals surface area contributed by atoms with Crippen molar-refractivity contribution in [1.29, 1.82) is 0 Å². The summed E-state index contributed by atoms with van der Waals surface area (Å²) in [5, 5.41) is 0. The molecule has 1 N–H and O–H groups in total. The largest absolute Gasteiger partial charge is 0.326 e. The Morgan fingerprint density at radius 2 is 1.30 bits per heavy atom. The number of piperazine rings is 1. The molecule has 5 heteroatoms. The topological polar surface area (TPSA) is 44.3 Å². The van der Waals surface area contributed by atoms with Crippen LogP contribution in [0, 0.1) is 0 Å². The van der Waals surface area contributed by atoms with Crippen LogP contribution in [-0.2, 0) is 6.54 Å². The van der Waals surface area contributed by atoms with E-state index in [1.54, 1.807) is 4.57 Å². The van der Waals surface area contributed by atoms with Crippen LogP contribution >= 0.6 is 0 Å². The third-order valence-electron chi connectivity index (χ3n) is 6.50. The van der Waals surface area contributed by atoms with Crippen molar-refractivity contribution in [3.8, 4) is 0 Å². The molecule has 0 atom stereocenters. The molecule has 0 bridgehead atoms. The highest BCUT2D eigenvalue weighted by atomic mass is 16.1. The Labute approximate surface area is 194 Å². The molecule has 0 spiro atoms. The van der Waals surface area contributed by atoms with E-state index in [1.807, 2.05) is 24.3 Å². The van der Waals surface area contributed by atoms with Gasteiger partial charge in [0.05, 0.1) is 17.1 Å². The van der Waals surface area contributed by atoms with E-state index in [2.05, 4.69) is 87.6 Å². The molecule has 0 amide bonds. The van der Waals surface area contributed by atoms with Crippen molar-refractivity contribution >= 4 is 11.0 Å². The van der Waals surface area contributed by atoms with Gasteiger partial charge in [0.25, 0.3) is 0 Å². The summed E-state index contributed by atoms with van der Waals surface area (Å²) in [7, 11) is 0. The molecule has 1 aromatic heterocycles. The summed E-state index contributed by atoms with van der Waals surface area (Å²) in [5.74, 6) is 0. The molecule has 5 nitrogen and oxygen atoms in total. The van der Waals surface area contributed by atoms with Crippen molar-refractivity contribution in [2.24, 2.45) is 0 Å². The van der Waals surface area contributed by atoms with Gasteiger partial charge in [0.2, 0.25) is 0 Å². The molecule has 1 saturated heterocycles. The summed E-state index contributed by atoms with van der Waals surface area (Å²) < 4.78 is 1.79. The van der Waals surface area contributed by atoms with Gasteiger partial charge in [-0.25, -0.2) is 4.79 Å². The molecule has 5 rings (SSSR count). The van der Waals surface area contributed by atoms with Crippen LogP contribution in [0.15, 0.2) is 102 Å². The van der Waals surface area contributed by atoms with E-state index in [4.69, 9.17) is 0 Å². The molecule has 3 aromatic carbocycles. The first-order valence-electron chi connectivity index (χ1n) is 11.7. The van der Waals surface area contributed by atoms with Gasteiger partial charge in [-0.3, -0.25) is 14.4 Å². The third kappa shape index (κ3) is 4.85. The van der Waals surface area contributed by atoms with Crippen LogP contribution in [0.2, 0.25) is 0 Å². The zero-order chi connectivity index (χ0) is 22.5. The lowest BCUT2D eigenvalue weighted by Crippen LogP contribution is -2.47. The smallest absolute Gasteiger partial charge is 0.306 e. The van der Waals surface area contributed by atoms with Crippen LogP contribution in [-0.4, -0.2) is 52.1 Å². The second-order valence-corrected chi connectivity index (χ2v) is 8.59. The molecular weight excluding hydrogens is 408 g/mol. The van der Waals surface area contributed by atoms with Crippen molar-refractivity contribution < 1.29 is 0 Å². The summed E-state index contributed by atoms with van der Waals surface area (Å²) >= 11 is 0. The van der Waals surface area contributed by atoms with Gasteiger partial charge >= 0.3 is 5.69 Å². The van der Waals surface area contributed by atoms with Gasteiger partial charge in [-0.05, 0) is 23.3 Å². The zero-order valence-corrected chi connectivity index (χ0v) is 18.8. The van der Waals surface area contributed by atoms with E-state index in [0.717, 1.165) is 43.8 Å². The fraction of sp³-hybridized carbons (Fsp3) is 0.250. The van der Waals surface area contributed by atoms with Crippen molar-refractivity contribution in [3.63, 3.8) is 0 Å². The second kappa shape index (κ2) is 10.0. The lowest BCUT2D eigenvalue weighted by Gasteiger charge is -2.39. The van der Waals surface area contributed by atoms with Crippen LogP contribution < -0.4 is 5.69 Å². The predicted molar refractivity (Wildman–Crippen MR) is 134 cm³/mol. The van der Waals surface area contributed by atoms with Crippen molar-refractivity contribution in [3.05, 3.63) is 119 Å². The molecule has 2 heterocycles. The first-order chi connectivity index (χ1) is 16.3. The zero-order valence-electron chi connectivity index (χ0n) is 18.8. The lowest BCUT2D eigenvalue weighted by atomic mass is 9.96. The highest BCUT2D eigenvalue weighted by molar-refractivity contribution is 5.74. The maximum absolute atomic E-state index is 12.2. The number of para-hydroxylation sites is 2. The van der Waals surface area contributed by atoms with Crippen LogP contribution in [0.1, 0.15) is 17.2 Å². The van der Waals surface area contributed by atoms with Gasteiger partial charge in [-0.2, -0.15) is 0 Å². The number of hydrogen-bond acceptors (Lipinski definition) is 3. The van der Waals surface area contributed by atoms with Gasteiger partial charge in [-0.15, -0.1) is 0 Å². The summed E-state index contributed by atoms with van der Waals surface area (Å²) in [5.41, 5.74) is 4.48. The number of imidazole rings is 1. The highest BCUT2D eigenvalue weighted by Gasteiger charge is 2.25. The number of rotatable bonds is 7. The lowest BCUT2D eigenvalue weighted by molar-refractivity contribution is 0.117. The number of H-pyrrole nitrogens is 1. The second-order valence-electron chi connectivity index (χ2n) is 8.59. The third-order valence-corrected chi connectivity index (χ3v) is 6.50. The highest BCUT2D eigenvalue weighted by Crippen LogP contribution is 2.29. The Bertz CT molecular complexity index is 1210. The van der Waals surface area contributed by atoms with Crippen molar-refractivity contribution in [2.75, 3.05) is 32.7 Å². The van der Waals surface area contributed by atoms with Crippen LogP contribution in [0.4, 0.5) is 0 Å². The molecule has 1 aliphatic heterocycles. The normalized spacial score (nSPS) is 15.7. The maximum atomic E-state index is 12.2. The van der Waals surface area contributed by atoms with E-state index in [0.29, 0.717) is 12.6 Å². The summed E-state index contributed by atoms with van der Waals surface area (Å²) in [6.45, 7) is 5.63. The SMILES string of the molecule is O=c1[nH]c2ccccc2n1C/C=C/CN1CCN(C(c2ccccc2)c2ccccc2)CC1. The number of allylic oxidation sites excluding steroid dienone is 1. The predicted octanol–water partition coefficient (Wildman–Crippen LogP) is 4.29. The van der Waals surface area contributed by atoms with Gasteiger partial charge in [-0.1, -0.05) is 84.9 Å². The molecule has 1 fully saturated rings. The number of aromatic nitrogens is 2. The van der Waals surface area contributed by atoms with Gasteiger partial charge < -0.3 is 4.98 Å². The number of hydrogen-bond donors (Lipinski definition) is 1. The average molecular weight is 439 g/mol. The first-order valence-corrected chi connectivity index (χ1v) is 11.7. The standard InChI is InChI=1S/C28H30N4O/c33-28-29-25-15-7-8-16-26(25)32(28)18-10-9-17-30-19-21-31(22-20-30)27(23-11-3-1-4-12-23)24-13-5-2-6-14-24/h1-16,27H,17-22H2,(H,29,33)/b10-9+. The van der Waals surface area contributed by atoms with E-state index >= 15 is 0 Å². The summed E-state index contributed by atoms with van der Waals surface area (Å²) in [6, 6.07) is 29.8. The molecular formula is C28H30N4O. The molecule has 1 aliphatic rings. The van der Waals surface area contributed by atoms with Crippen LogP contribution in [0.3, 0.4) is 0 Å². The van der Waals surface area contributed by atoms with E-state index < -0.39 is 0 Å². The van der Waals surface area contributed by atoms with Gasteiger partial charge in [0, 0.05) is 39.3 Å². The Morgan fingerprint density at radius 1 is 0.727 bits per heavy atom. The average Bonchev–Trinajstić information content (AvgIpc) is 3.19. The van der Waals surface area contributed by atoms with E-state index in [-0.39, 0.29) is 5.69 Å². The van der Waals surface area contributed by atoms with Crippen LogP contribution in [0.5, 0.6) is 0 Å². The molecule has 168 valence electrons. The van der Waals surface area contributed by atoms with Crippen LogP contribution in [0.25, 0.3) is 11.0 Å². The van der Waals surface area contributed by atoms with E-state index in [9.17, 15) is 4.79 Å². The fourth-order valence-electron chi connectivity index (χ4n) is 4.78. The van der Waals surface area contributed by atoms with E-state index in [1.165, 1.54) is 11.1 Å². The summed E-state index contributed by atoms with van der Waals surface area (Å²) in [4.78, 5) is 20.2. The Balaban J connectivity index is 1.20. The number of benzene rings is 3. The number of nitrogens with one attached hydrogen (secondary N) is 1. The Hall–Kier alpha value is -3.41. The molecule has 4 aromatic rings. The monoisotopic (exact) mass is 438 g/mol. The minimum absolute atomic E-state index is 0.0534. The van der Waals surface area contributed by atoms with Gasteiger partial charge in [0.1, 0.15) is 0 Å². The quantitative estimate of drug-likeness (QED) is 0.438. The van der Waals surface area contributed by atoms with Crippen molar-refractivity contribution in [2.45, 2.75) is 12.6 Å². The minimum atomic E-state index is -0.0534. The molecule has 0 aliphatic carbocycles. The molecule has 33 heavy (non-hydrogen) atoms. The van der Waals surface area contributed by atoms with Crippen molar-refractivity contribution in [1.82, 2.24) is 19.4 Å². The fourth-order valence-corrected chi connectivity index (χ4v) is 4.78. The minimum Gasteiger partial charge on any atom is -0.306 e. The number of fused-ring (bicyclic) bond motifs is 1. The molecule has 0 saturated carbocycles. The van der Waals surface area contributed by atoms with Gasteiger partial charge in [0.15, 0.2) is 0 Å². The maximum Gasteiger partial charge on any atom is 0.326 e. The number of nitrogens with zero attached hydrogens (tertiary/aromatic N) is 3. The molecule has 0 unspecified atom stereocenters. The number of aromatic amines is 1. The first kappa shape index (κ1) is 21.4.